The van der Waals surface area contributed by atoms with E-state index >= 15 is 0 Å². The van der Waals surface area contributed by atoms with E-state index < -0.39 is 0 Å². The highest BCUT2D eigenvalue weighted by Crippen LogP contribution is 2.26. The molecule has 3 aromatic carbocycles. The van der Waals surface area contributed by atoms with Crippen LogP contribution in [0.4, 0.5) is 0 Å². The van der Waals surface area contributed by atoms with Crippen molar-refractivity contribution in [1.29, 1.82) is 0 Å². The Hall–Kier alpha value is -3.66. The van der Waals surface area contributed by atoms with E-state index in [4.69, 9.17) is 9.97 Å². The number of H-pyrrole nitrogens is 2. The minimum atomic E-state index is 0.800. The van der Waals surface area contributed by atoms with Crippen LogP contribution < -0.4 is 0 Å². The fraction of sp³-hybridized carbons (Fsp3) is 0. The van der Waals surface area contributed by atoms with Crippen molar-refractivity contribution in [3.05, 3.63) is 96.1 Å². The van der Waals surface area contributed by atoms with Crippen LogP contribution in [-0.4, -0.2) is 19.9 Å². The average molecular weight is 336 g/mol. The molecule has 4 nitrogen and oxygen atoms in total. The first-order valence-corrected chi connectivity index (χ1v) is 8.54. The first kappa shape index (κ1) is 14.7. The third kappa shape index (κ3) is 2.58. The Morgan fingerprint density at radius 1 is 0.615 bits per heavy atom. The topological polar surface area (TPSA) is 57.4 Å². The van der Waals surface area contributed by atoms with E-state index in [9.17, 15) is 0 Å². The van der Waals surface area contributed by atoms with Gasteiger partial charge in [-0.3, -0.25) is 0 Å². The molecule has 0 unspecified atom stereocenters. The molecule has 0 fully saturated rings. The molecule has 0 amide bonds. The van der Waals surface area contributed by atoms with E-state index in [1.165, 1.54) is 0 Å². The Balaban J connectivity index is 1.73. The Morgan fingerprint density at radius 3 is 1.65 bits per heavy atom. The minimum Gasteiger partial charge on any atom is -0.338 e. The lowest BCUT2D eigenvalue weighted by Crippen LogP contribution is -1.93. The van der Waals surface area contributed by atoms with E-state index in [0.717, 1.165) is 44.9 Å². The number of fused-ring (bicyclic) bond motifs is 2. The summed E-state index contributed by atoms with van der Waals surface area (Å²) in [5, 5.41) is 0. The first-order valence-electron chi connectivity index (χ1n) is 8.54. The molecule has 0 aliphatic carbocycles. The molecule has 0 saturated carbocycles. The van der Waals surface area contributed by atoms with Crippen molar-refractivity contribution in [2.24, 2.45) is 0 Å². The summed E-state index contributed by atoms with van der Waals surface area (Å²) in [5.41, 5.74) is 5.94. The lowest BCUT2D eigenvalue weighted by molar-refractivity contribution is 1.20. The van der Waals surface area contributed by atoms with Crippen LogP contribution in [0.5, 0.6) is 0 Å². The van der Waals surface area contributed by atoms with E-state index in [-0.39, 0.29) is 0 Å². The molecular weight excluding hydrogens is 320 g/mol. The average Bonchev–Trinajstić information content (AvgIpc) is 3.30. The molecule has 0 bridgehead atoms. The number of rotatable bonds is 3. The summed E-state index contributed by atoms with van der Waals surface area (Å²) in [6.45, 7) is 0. The van der Waals surface area contributed by atoms with Crippen molar-refractivity contribution in [3.8, 4) is 0 Å². The zero-order valence-electron chi connectivity index (χ0n) is 14.0. The lowest BCUT2D eigenvalue weighted by atomic mass is 10.1. The van der Waals surface area contributed by atoms with Crippen LogP contribution in [0.15, 0.2) is 78.9 Å². The van der Waals surface area contributed by atoms with Gasteiger partial charge in [-0.1, -0.05) is 54.6 Å². The smallest absolute Gasteiger partial charge is 0.142 e. The maximum absolute atomic E-state index is 4.77. The van der Waals surface area contributed by atoms with Crippen molar-refractivity contribution in [3.63, 3.8) is 0 Å². The van der Waals surface area contributed by atoms with Gasteiger partial charge in [0.05, 0.1) is 27.6 Å². The zero-order chi connectivity index (χ0) is 17.3. The molecule has 0 saturated heterocycles. The molecule has 5 aromatic rings. The number of nitrogens with zero attached hydrogens (tertiary/aromatic N) is 2. The summed E-state index contributed by atoms with van der Waals surface area (Å²) in [4.78, 5) is 16.4. The number of imidazole rings is 2. The van der Waals surface area contributed by atoms with Gasteiger partial charge in [0.15, 0.2) is 0 Å². The van der Waals surface area contributed by atoms with Crippen LogP contribution in [0.2, 0.25) is 0 Å². The lowest BCUT2D eigenvalue weighted by Gasteiger charge is -2.02. The number of benzene rings is 3. The molecule has 0 aliphatic heterocycles. The van der Waals surface area contributed by atoms with Crippen LogP contribution in [0.25, 0.3) is 33.7 Å². The zero-order valence-corrected chi connectivity index (χ0v) is 14.0. The Kier molecular flexibility index (Phi) is 3.39. The second kappa shape index (κ2) is 6.01. The van der Waals surface area contributed by atoms with Crippen molar-refractivity contribution in [2.75, 3.05) is 0 Å². The van der Waals surface area contributed by atoms with Gasteiger partial charge < -0.3 is 9.97 Å². The van der Waals surface area contributed by atoms with E-state index in [1.54, 1.807) is 0 Å². The Labute approximate surface area is 150 Å². The second-order valence-corrected chi connectivity index (χ2v) is 6.17. The molecule has 0 spiro atoms. The third-order valence-corrected chi connectivity index (χ3v) is 4.40. The van der Waals surface area contributed by atoms with Gasteiger partial charge in [0.25, 0.3) is 0 Å². The monoisotopic (exact) mass is 336 g/mol. The van der Waals surface area contributed by atoms with Crippen LogP contribution in [-0.2, 0) is 0 Å². The van der Waals surface area contributed by atoms with Gasteiger partial charge in [0, 0.05) is 0 Å². The number of aromatic nitrogens is 4. The highest BCUT2D eigenvalue weighted by atomic mass is 15.0. The molecule has 0 atom stereocenters. The number of aromatic amines is 2. The highest BCUT2D eigenvalue weighted by molar-refractivity contribution is 5.92. The molecule has 2 aromatic heterocycles. The predicted molar refractivity (Wildman–Crippen MR) is 106 cm³/mol. The van der Waals surface area contributed by atoms with Gasteiger partial charge >= 0.3 is 0 Å². The van der Waals surface area contributed by atoms with Gasteiger partial charge in [0.2, 0.25) is 0 Å². The molecular formula is C22H16N4. The fourth-order valence-corrected chi connectivity index (χ4v) is 3.13. The maximum Gasteiger partial charge on any atom is 0.142 e. The van der Waals surface area contributed by atoms with Gasteiger partial charge in [-0.15, -0.1) is 0 Å². The highest BCUT2D eigenvalue weighted by Gasteiger charge is 2.14. The fourth-order valence-electron chi connectivity index (χ4n) is 3.13. The van der Waals surface area contributed by atoms with Gasteiger partial charge in [-0.2, -0.15) is 0 Å². The normalized spacial score (nSPS) is 11.1. The third-order valence-electron chi connectivity index (χ3n) is 4.40. The molecule has 124 valence electrons. The van der Waals surface area contributed by atoms with Crippen LogP contribution in [0, 0.1) is 0 Å². The summed E-state index contributed by atoms with van der Waals surface area (Å²) in [7, 11) is 0. The Bertz CT molecular complexity index is 1090. The summed E-state index contributed by atoms with van der Waals surface area (Å²) in [6.07, 6.45) is 2.11. The SMILES string of the molecule is C(=C(c1nc2ccccc2[nH]1)c1nc2ccccc2[nH]1)c1ccccc1. The van der Waals surface area contributed by atoms with Crippen LogP contribution >= 0.6 is 0 Å². The van der Waals surface area contributed by atoms with E-state index in [1.807, 2.05) is 66.7 Å². The van der Waals surface area contributed by atoms with E-state index in [0.29, 0.717) is 0 Å². The summed E-state index contributed by atoms with van der Waals surface area (Å²) in [5.74, 6) is 1.60. The van der Waals surface area contributed by atoms with Gasteiger partial charge in [-0.25, -0.2) is 9.97 Å². The van der Waals surface area contributed by atoms with Crippen LogP contribution in [0.3, 0.4) is 0 Å². The van der Waals surface area contributed by atoms with E-state index in [2.05, 4.69) is 28.2 Å². The van der Waals surface area contributed by atoms with Crippen molar-refractivity contribution in [2.45, 2.75) is 0 Å². The van der Waals surface area contributed by atoms with Crippen molar-refractivity contribution < 1.29 is 0 Å². The summed E-state index contributed by atoms with van der Waals surface area (Å²) < 4.78 is 0. The number of nitrogens with one attached hydrogen (secondary N) is 2. The summed E-state index contributed by atoms with van der Waals surface area (Å²) in [6, 6.07) is 26.3. The molecule has 26 heavy (non-hydrogen) atoms. The molecule has 5 rings (SSSR count). The molecule has 2 N–H and O–H groups in total. The maximum atomic E-state index is 4.77. The van der Waals surface area contributed by atoms with Gasteiger partial charge in [-0.05, 0) is 35.9 Å². The first-order chi connectivity index (χ1) is 12.9. The number of para-hydroxylation sites is 4. The predicted octanol–water partition coefficient (Wildman–Crippen LogP) is 5.03. The largest absolute Gasteiger partial charge is 0.338 e. The molecule has 0 radical (unpaired) electrons. The molecule has 0 aliphatic rings. The van der Waals surface area contributed by atoms with Crippen molar-refractivity contribution in [1.82, 2.24) is 19.9 Å². The number of hydrogen-bond acceptors (Lipinski definition) is 2. The molecule has 4 heteroatoms. The minimum absolute atomic E-state index is 0.800. The van der Waals surface area contributed by atoms with Gasteiger partial charge in [0.1, 0.15) is 11.6 Å². The number of hydrogen-bond donors (Lipinski definition) is 2. The quantitative estimate of drug-likeness (QED) is 0.485. The molecule has 2 heterocycles. The van der Waals surface area contributed by atoms with Crippen molar-refractivity contribution >= 4 is 33.7 Å². The summed E-state index contributed by atoms with van der Waals surface area (Å²) >= 11 is 0. The van der Waals surface area contributed by atoms with Crippen LogP contribution in [0.1, 0.15) is 17.2 Å². The Morgan fingerprint density at radius 2 is 1.12 bits per heavy atom. The second-order valence-electron chi connectivity index (χ2n) is 6.17. The standard InChI is InChI=1S/C22H16N4/c1-2-8-15(9-3-1)14-16(21-23-17-10-4-5-11-18(17)24-21)22-25-19-12-6-7-13-20(19)26-22/h1-14H,(H,23,24)(H,25,26).